The first kappa shape index (κ1) is 15.1. The Hall–Kier alpha value is -0.780. The predicted molar refractivity (Wildman–Crippen MR) is 92.2 cm³/mol. The Balaban J connectivity index is 1.76. The average molecular weight is 284 g/mol. The summed E-state index contributed by atoms with van der Waals surface area (Å²) in [5.74, 6) is 2.47. The lowest BCUT2D eigenvalue weighted by atomic mass is 9.64. The largest absolute Gasteiger partial charge is 0.0996 e. The molecule has 3 aliphatic carbocycles. The zero-order valence-electron chi connectivity index (χ0n) is 14.3. The highest BCUT2D eigenvalue weighted by molar-refractivity contribution is 5.27. The zero-order chi connectivity index (χ0) is 15.0. The van der Waals surface area contributed by atoms with Crippen LogP contribution in [-0.2, 0) is 0 Å². The Labute approximate surface area is 131 Å². The van der Waals surface area contributed by atoms with Gasteiger partial charge in [0.1, 0.15) is 0 Å². The Bertz CT molecular complexity index is 478. The van der Waals surface area contributed by atoms with E-state index in [1.54, 1.807) is 11.1 Å². The van der Waals surface area contributed by atoms with Crippen LogP contribution in [0.2, 0.25) is 0 Å². The van der Waals surface area contributed by atoms with Crippen molar-refractivity contribution < 1.29 is 0 Å². The van der Waals surface area contributed by atoms with Crippen LogP contribution in [0.3, 0.4) is 0 Å². The lowest BCUT2D eigenvalue weighted by Crippen LogP contribution is -2.31. The minimum Gasteiger partial charge on any atom is -0.0996 e. The Morgan fingerprint density at radius 1 is 1.10 bits per heavy atom. The van der Waals surface area contributed by atoms with Crippen LogP contribution in [-0.4, -0.2) is 0 Å². The molecule has 3 aliphatic rings. The third-order valence-corrected chi connectivity index (χ3v) is 7.00. The van der Waals surface area contributed by atoms with Crippen molar-refractivity contribution in [3.8, 4) is 0 Å². The Morgan fingerprint density at radius 3 is 2.67 bits per heavy atom. The van der Waals surface area contributed by atoms with Crippen LogP contribution in [0.4, 0.5) is 0 Å². The van der Waals surface area contributed by atoms with Crippen LogP contribution < -0.4 is 0 Å². The smallest absolute Gasteiger partial charge is 0.0143 e. The topological polar surface area (TPSA) is 0 Å². The molecule has 116 valence electrons. The van der Waals surface area contributed by atoms with Gasteiger partial charge in [-0.2, -0.15) is 0 Å². The van der Waals surface area contributed by atoms with Crippen molar-refractivity contribution >= 4 is 0 Å². The van der Waals surface area contributed by atoms with Gasteiger partial charge in [0.25, 0.3) is 0 Å². The van der Waals surface area contributed by atoms with E-state index in [0.29, 0.717) is 11.3 Å². The summed E-state index contributed by atoms with van der Waals surface area (Å²) in [5, 5.41) is 0. The van der Waals surface area contributed by atoms with Crippen LogP contribution in [0, 0.1) is 23.2 Å². The molecule has 3 saturated carbocycles. The standard InChI is InChI=1S/C21H32/c1-15-7-9-18(14-16(15)2)10-11-19-6-5-13-21(4)17(3)8-12-20(19)21/h10-11,16-17,20H,1,5-9,12-14H2,2-4H3/b18-10+,19-11+/t16-,17?,20+,21-/m1/s1. The van der Waals surface area contributed by atoms with Gasteiger partial charge in [-0.15, -0.1) is 0 Å². The second-order valence-corrected chi connectivity index (χ2v) is 8.22. The number of allylic oxidation sites excluding steroid dienone is 5. The first-order valence-electron chi connectivity index (χ1n) is 9.07. The lowest BCUT2D eigenvalue weighted by molar-refractivity contribution is 0.147. The van der Waals surface area contributed by atoms with E-state index >= 15 is 0 Å². The molecule has 0 heteroatoms. The minimum absolute atomic E-state index is 0.594. The average Bonchev–Trinajstić information content (AvgIpc) is 2.76. The van der Waals surface area contributed by atoms with Gasteiger partial charge in [-0.25, -0.2) is 0 Å². The molecule has 21 heavy (non-hydrogen) atoms. The van der Waals surface area contributed by atoms with E-state index in [1.165, 1.54) is 56.9 Å². The Kier molecular flexibility index (Phi) is 4.17. The number of hydrogen-bond donors (Lipinski definition) is 0. The van der Waals surface area contributed by atoms with Crippen LogP contribution in [0.25, 0.3) is 0 Å². The van der Waals surface area contributed by atoms with Gasteiger partial charge < -0.3 is 0 Å². The molecule has 0 radical (unpaired) electrons. The monoisotopic (exact) mass is 284 g/mol. The fourth-order valence-electron chi connectivity index (χ4n) is 5.08. The predicted octanol–water partition coefficient (Wildman–Crippen LogP) is 6.45. The van der Waals surface area contributed by atoms with Crippen LogP contribution in [0.1, 0.15) is 72.1 Å². The third-order valence-electron chi connectivity index (χ3n) is 7.00. The summed E-state index contributed by atoms with van der Waals surface area (Å²) in [6.07, 6.45) is 15.7. The quantitative estimate of drug-likeness (QED) is 0.485. The van der Waals surface area contributed by atoms with Crippen LogP contribution >= 0.6 is 0 Å². The van der Waals surface area contributed by atoms with Gasteiger partial charge in [0.15, 0.2) is 0 Å². The van der Waals surface area contributed by atoms with E-state index in [-0.39, 0.29) is 0 Å². The molecule has 0 spiro atoms. The van der Waals surface area contributed by atoms with Crippen molar-refractivity contribution in [3.05, 3.63) is 35.5 Å². The number of hydrogen-bond acceptors (Lipinski definition) is 0. The van der Waals surface area contributed by atoms with Gasteiger partial charge in [-0.1, -0.05) is 56.2 Å². The molecule has 0 amide bonds. The molecule has 0 nitrogen and oxygen atoms in total. The lowest BCUT2D eigenvalue weighted by Gasteiger charge is -2.41. The fourth-order valence-corrected chi connectivity index (χ4v) is 5.08. The normalized spacial score (nSPS) is 44.3. The molecule has 0 aromatic carbocycles. The van der Waals surface area contributed by atoms with E-state index in [9.17, 15) is 0 Å². The highest BCUT2D eigenvalue weighted by atomic mass is 14.5. The van der Waals surface area contributed by atoms with Gasteiger partial charge in [0.05, 0.1) is 0 Å². The molecule has 3 rings (SSSR count). The van der Waals surface area contributed by atoms with Crippen LogP contribution in [0.5, 0.6) is 0 Å². The maximum atomic E-state index is 4.20. The highest BCUT2D eigenvalue weighted by Crippen LogP contribution is 2.57. The molecule has 0 bridgehead atoms. The van der Waals surface area contributed by atoms with Crippen molar-refractivity contribution in [1.29, 1.82) is 0 Å². The zero-order valence-corrected chi connectivity index (χ0v) is 14.3. The molecular weight excluding hydrogens is 252 g/mol. The molecule has 3 fully saturated rings. The minimum atomic E-state index is 0.594. The third kappa shape index (κ3) is 2.79. The molecule has 0 heterocycles. The van der Waals surface area contributed by atoms with Crippen molar-refractivity contribution in [2.75, 3.05) is 0 Å². The second-order valence-electron chi connectivity index (χ2n) is 8.22. The van der Waals surface area contributed by atoms with Crippen LogP contribution in [0.15, 0.2) is 35.5 Å². The summed E-state index contributed by atoms with van der Waals surface area (Å²) < 4.78 is 0. The van der Waals surface area contributed by atoms with E-state index in [2.05, 4.69) is 39.5 Å². The van der Waals surface area contributed by atoms with Gasteiger partial charge in [0.2, 0.25) is 0 Å². The van der Waals surface area contributed by atoms with E-state index in [0.717, 1.165) is 11.8 Å². The number of fused-ring (bicyclic) bond motifs is 1. The second kappa shape index (κ2) is 5.78. The first-order chi connectivity index (χ1) is 10.0. The van der Waals surface area contributed by atoms with Crippen molar-refractivity contribution in [2.45, 2.75) is 72.1 Å². The van der Waals surface area contributed by atoms with Crippen molar-refractivity contribution in [3.63, 3.8) is 0 Å². The maximum absolute atomic E-state index is 4.20. The summed E-state index contributed by atoms with van der Waals surface area (Å²) in [5.41, 5.74) is 5.46. The van der Waals surface area contributed by atoms with Gasteiger partial charge in [-0.05, 0) is 74.5 Å². The molecule has 0 aromatic rings. The fraction of sp³-hybridized carbons (Fsp3) is 0.714. The summed E-state index contributed by atoms with van der Waals surface area (Å²) in [7, 11) is 0. The van der Waals surface area contributed by atoms with Gasteiger partial charge in [0, 0.05) is 0 Å². The first-order valence-corrected chi connectivity index (χ1v) is 9.07. The SMILES string of the molecule is C=C1CC/C(=C\C=C2/CCC[C@]3(C)C(C)CC[C@@H]23)C[C@H]1C. The van der Waals surface area contributed by atoms with Gasteiger partial charge in [-0.3, -0.25) is 0 Å². The summed E-state index contributed by atoms with van der Waals surface area (Å²) in [4.78, 5) is 0. The molecule has 0 N–H and O–H groups in total. The Morgan fingerprint density at radius 2 is 1.90 bits per heavy atom. The summed E-state index contributed by atoms with van der Waals surface area (Å²) in [6, 6.07) is 0. The van der Waals surface area contributed by atoms with Crippen molar-refractivity contribution in [2.24, 2.45) is 23.2 Å². The van der Waals surface area contributed by atoms with Crippen molar-refractivity contribution in [1.82, 2.24) is 0 Å². The molecule has 0 aromatic heterocycles. The molecule has 1 unspecified atom stereocenters. The van der Waals surface area contributed by atoms with E-state index in [4.69, 9.17) is 0 Å². The summed E-state index contributed by atoms with van der Waals surface area (Å²) in [6.45, 7) is 11.6. The summed E-state index contributed by atoms with van der Waals surface area (Å²) >= 11 is 0. The van der Waals surface area contributed by atoms with E-state index in [1.807, 2.05) is 0 Å². The van der Waals surface area contributed by atoms with Gasteiger partial charge >= 0.3 is 0 Å². The van der Waals surface area contributed by atoms with E-state index < -0.39 is 0 Å². The highest BCUT2D eigenvalue weighted by Gasteiger charge is 2.46. The maximum Gasteiger partial charge on any atom is -0.0143 e. The molecule has 4 atom stereocenters. The number of rotatable bonds is 1. The molecule has 0 saturated heterocycles. The molecule has 0 aliphatic heterocycles. The molecular formula is C21H32.